The van der Waals surface area contributed by atoms with E-state index in [1.54, 1.807) is 22.8 Å². The summed E-state index contributed by atoms with van der Waals surface area (Å²) >= 11 is 13.9. The van der Waals surface area contributed by atoms with Crippen LogP contribution in [0.25, 0.3) is 10.2 Å². The Morgan fingerprint density at radius 1 is 1.41 bits per heavy atom. The monoisotopic (exact) mass is 447 g/mol. The van der Waals surface area contributed by atoms with Gasteiger partial charge in [-0.2, -0.15) is 4.99 Å². The number of hydrogen-bond acceptors (Lipinski definition) is 4. The number of fused-ring (bicyclic) bond motifs is 1. The molecule has 1 fully saturated rings. The molecule has 2 heterocycles. The molecule has 1 saturated heterocycles. The second-order valence-electron chi connectivity index (χ2n) is 6.40. The van der Waals surface area contributed by atoms with Crippen LogP contribution in [0, 0.1) is 5.92 Å². The van der Waals surface area contributed by atoms with Crippen LogP contribution in [-0.2, 0) is 21.4 Å². The molecule has 3 rings (SSSR count). The molecule has 2 aromatic rings. The van der Waals surface area contributed by atoms with Gasteiger partial charge in [0.05, 0.1) is 32.4 Å². The molecule has 0 spiro atoms. The lowest BCUT2D eigenvalue weighted by Gasteiger charge is -2.28. The molecule has 0 saturated carbocycles. The van der Waals surface area contributed by atoms with E-state index in [9.17, 15) is 13.2 Å². The zero-order chi connectivity index (χ0) is 19.8. The van der Waals surface area contributed by atoms with E-state index in [1.165, 1.54) is 15.6 Å². The molecule has 1 unspecified atom stereocenters. The summed E-state index contributed by atoms with van der Waals surface area (Å²) in [6.07, 6.45) is 4.10. The lowest BCUT2D eigenvalue weighted by Crippen LogP contribution is -2.41. The first-order valence-electron chi connectivity index (χ1n) is 8.34. The number of nitrogens with zero attached hydrogens (tertiary/aromatic N) is 3. The van der Waals surface area contributed by atoms with Crippen molar-refractivity contribution in [1.29, 1.82) is 0 Å². The van der Waals surface area contributed by atoms with E-state index >= 15 is 0 Å². The lowest BCUT2D eigenvalue weighted by atomic mass is 9.99. The van der Waals surface area contributed by atoms with Gasteiger partial charge in [-0.1, -0.05) is 40.6 Å². The fourth-order valence-electron chi connectivity index (χ4n) is 3.13. The van der Waals surface area contributed by atoms with Crippen molar-refractivity contribution in [2.45, 2.75) is 19.4 Å². The van der Waals surface area contributed by atoms with Gasteiger partial charge < -0.3 is 4.57 Å². The van der Waals surface area contributed by atoms with Crippen molar-refractivity contribution < 1.29 is 13.2 Å². The Balaban J connectivity index is 2.03. The fraction of sp³-hybridized carbons (Fsp3) is 0.412. The zero-order valence-corrected chi connectivity index (χ0v) is 17.8. The minimum absolute atomic E-state index is 0.162. The van der Waals surface area contributed by atoms with Gasteiger partial charge in [-0.05, 0) is 25.0 Å². The van der Waals surface area contributed by atoms with Crippen LogP contribution in [0.15, 0.2) is 29.8 Å². The summed E-state index contributed by atoms with van der Waals surface area (Å²) in [6.45, 7) is 4.77. The quantitative estimate of drug-likeness (QED) is 0.674. The van der Waals surface area contributed by atoms with Crippen molar-refractivity contribution in [3.05, 3.63) is 39.6 Å². The molecular weight excluding hydrogens is 429 g/mol. The van der Waals surface area contributed by atoms with E-state index in [1.807, 2.05) is 0 Å². The average Bonchev–Trinajstić information content (AvgIpc) is 2.97. The van der Waals surface area contributed by atoms with E-state index in [2.05, 4.69) is 11.6 Å². The summed E-state index contributed by atoms with van der Waals surface area (Å²) in [7, 11) is -3.33. The number of halogens is 2. The minimum atomic E-state index is -3.33. The van der Waals surface area contributed by atoms with Crippen LogP contribution in [-0.4, -0.2) is 42.5 Å². The first-order valence-corrected chi connectivity index (χ1v) is 11.8. The maximum atomic E-state index is 12.8. The Hall–Kier alpha value is -1.19. The van der Waals surface area contributed by atoms with Gasteiger partial charge in [0.1, 0.15) is 0 Å². The number of carbonyl (C=O) groups is 1. The van der Waals surface area contributed by atoms with E-state index in [0.717, 1.165) is 11.0 Å². The predicted octanol–water partition coefficient (Wildman–Crippen LogP) is 3.29. The fourth-order valence-corrected chi connectivity index (χ4v) is 5.70. The van der Waals surface area contributed by atoms with Gasteiger partial charge in [-0.15, -0.1) is 6.58 Å². The highest BCUT2D eigenvalue weighted by atomic mass is 35.5. The summed E-state index contributed by atoms with van der Waals surface area (Å²) < 4.78 is 27.5. The molecular formula is C17H19Cl2N3O3S2. The van der Waals surface area contributed by atoms with Crippen molar-refractivity contribution in [1.82, 2.24) is 8.87 Å². The molecule has 27 heavy (non-hydrogen) atoms. The van der Waals surface area contributed by atoms with E-state index in [-0.39, 0.29) is 12.5 Å². The second kappa shape index (κ2) is 8.05. The highest BCUT2D eigenvalue weighted by Gasteiger charge is 2.30. The van der Waals surface area contributed by atoms with Crippen molar-refractivity contribution >= 4 is 60.7 Å². The molecule has 0 bridgehead atoms. The number of thiazole rings is 1. The molecule has 1 atom stereocenters. The topological polar surface area (TPSA) is 71.7 Å². The number of carbonyl (C=O) groups excluding carboxylic acids is 1. The molecule has 1 aromatic heterocycles. The van der Waals surface area contributed by atoms with Crippen LogP contribution in [0.3, 0.4) is 0 Å². The lowest BCUT2D eigenvalue weighted by molar-refractivity contribution is -0.122. The maximum Gasteiger partial charge on any atom is 0.252 e. The Morgan fingerprint density at radius 3 is 2.78 bits per heavy atom. The third-order valence-corrected chi connectivity index (χ3v) is 7.56. The Kier molecular flexibility index (Phi) is 6.12. The van der Waals surface area contributed by atoms with E-state index < -0.39 is 15.9 Å². The molecule has 146 valence electrons. The number of rotatable bonds is 4. The van der Waals surface area contributed by atoms with E-state index in [0.29, 0.717) is 46.3 Å². The third-order valence-electron chi connectivity index (χ3n) is 4.45. The first kappa shape index (κ1) is 20.5. The van der Waals surface area contributed by atoms with Crippen LogP contribution in [0.2, 0.25) is 10.0 Å². The molecule has 1 aromatic carbocycles. The Morgan fingerprint density at radius 2 is 2.11 bits per heavy atom. The standard InChI is InChI=1S/C17H19Cl2N3O3S2/c1-3-8-22-14-12(18)6-7-13(19)15(14)26-17(22)20-16(23)11-5-4-9-21(10-11)27(2,24)25/h3,6-7,11H,1,4-5,8-10H2,2H3. The number of hydrogen-bond donors (Lipinski definition) is 0. The van der Waals surface area contributed by atoms with E-state index in [4.69, 9.17) is 23.2 Å². The van der Waals surface area contributed by atoms with Gasteiger partial charge in [0, 0.05) is 19.6 Å². The van der Waals surface area contributed by atoms with Crippen molar-refractivity contribution in [2.24, 2.45) is 10.9 Å². The SMILES string of the molecule is C=CCn1c(=NC(=O)C2CCCN(S(C)(=O)=O)C2)sc2c(Cl)ccc(Cl)c21. The largest absolute Gasteiger partial charge is 0.311 e. The van der Waals surface area contributed by atoms with Gasteiger partial charge in [0.2, 0.25) is 10.0 Å². The van der Waals surface area contributed by atoms with Gasteiger partial charge in [-0.25, -0.2) is 12.7 Å². The summed E-state index contributed by atoms with van der Waals surface area (Å²) in [5.74, 6) is -0.790. The molecule has 0 N–H and O–H groups in total. The van der Waals surface area contributed by atoms with Crippen LogP contribution >= 0.6 is 34.5 Å². The van der Waals surface area contributed by atoms with Gasteiger partial charge in [-0.3, -0.25) is 4.79 Å². The average molecular weight is 448 g/mol. The number of amides is 1. The molecule has 10 heteroatoms. The van der Waals surface area contributed by atoms with Crippen LogP contribution in [0.4, 0.5) is 0 Å². The molecule has 1 aliphatic heterocycles. The van der Waals surface area contributed by atoms with Gasteiger partial charge in [0.15, 0.2) is 4.80 Å². The normalized spacial score (nSPS) is 19.5. The molecule has 1 amide bonds. The molecule has 0 radical (unpaired) electrons. The summed E-state index contributed by atoms with van der Waals surface area (Å²) in [5, 5.41) is 1.05. The molecule has 1 aliphatic rings. The Bertz CT molecular complexity index is 1070. The smallest absolute Gasteiger partial charge is 0.252 e. The van der Waals surface area contributed by atoms with Crippen LogP contribution < -0.4 is 4.80 Å². The summed E-state index contributed by atoms with van der Waals surface area (Å²) in [6, 6.07) is 3.41. The van der Waals surface area contributed by atoms with Crippen LogP contribution in [0.1, 0.15) is 12.8 Å². The van der Waals surface area contributed by atoms with Gasteiger partial charge in [0.25, 0.3) is 5.91 Å². The number of sulfonamides is 1. The van der Waals surface area contributed by atoms with Gasteiger partial charge >= 0.3 is 0 Å². The third kappa shape index (κ3) is 4.30. The number of aromatic nitrogens is 1. The molecule has 0 aliphatic carbocycles. The van der Waals surface area contributed by atoms with Crippen molar-refractivity contribution in [3.63, 3.8) is 0 Å². The van der Waals surface area contributed by atoms with Crippen molar-refractivity contribution in [3.8, 4) is 0 Å². The minimum Gasteiger partial charge on any atom is -0.311 e. The van der Waals surface area contributed by atoms with Crippen molar-refractivity contribution in [2.75, 3.05) is 19.3 Å². The molecule has 6 nitrogen and oxygen atoms in total. The zero-order valence-electron chi connectivity index (χ0n) is 14.7. The highest BCUT2D eigenvalue weighted by molar-refractivity contribution is 7.88. The first-order chi connectivity index (χ1) is 12.7. The highest BCUT2D eigenvalue weighted by Crippen LogP contribution is 2.32. The maximum absolute atomic E-state index is 12.8. The summed E-state index contributed by atoms with van der Waals surface area (Å²) in [5.41, 5.74) is 0.710. The Labute approximate surface area is 171 Å². The number of piperidine rings is 1. The van der Waals surface area contributed by atoms with Crippen LogP contribution in [0.5, 0.6) is 0 Å². The number of benzene rings is 1. The predicted molar refractivity (Wildman–Crippen MR) is 110 cm³/mol. The summed E-state index contributed by atoms with van der Waals surface area (Å²) in [4.78, 5) is 17.5. The number of allylic oxidation sites excluding steroid dienone is 1. The second-order valence-corrected chi connectivity index (χ2v) is 10.2.